The van der Waals surface area contributed by atoms with Gasteiger partial charge in [0.15, 0.2) is 0 Å². The first-order chi connectivity index (χ1) is 45.2. The minimum absolute atomic E-state index is 0.125. The van der Waals surface area contributed by atoms with Crippen LogP contribution in [-0.4, -0.2) is 125 Å². The fourth-order valence-corrected chi connectivity index (χ4v) is 27.7. The average Bonchev–Trinajstić information content (AvgIpc) is 0.901. The van der Waals surface area contributed by atoms with Gasteiger partial charge in [-0.25, -0.2) is 4.79 Å². The van der Waals surface area contributed by atoms with Gasteiger partial charge in [0.1, 0.15) is 36.1 Å². The van der Waals surface area contributed by atoms with Crippen LogP contribution < -0.4 is 13.1 Å². The van der Waals surface area contributed by atoms with Crippen molar-refractivity contribution in [2.75, 3.05) is 67.7 Å². The number of likely N-dealkylation sites (N-methyl/N-ethyl adjacent to an activating group) is 2. The molecule has 0 aliphatic carbocycles. The maximum atomic E-state index is 11.9. The molecule has 6 aromatic rings. The summed E-state index contributed by atoms with van der Waals surface area (Å²) in [5, 5.41) is 2.95. The van der Waals surface area contributed by atoms with Crippen molar-refractivity contribution in [3.63, 3.8) is 0 Å². The molecule has 510 valence electrons. The number of hydrogen-bond acceptors (Lipinski definition) is 11. The van der Waals surface area contributed by atoms with E-state index in [0.29, 0.717) is 61.8 Å². The van der Waals surface area contributed by atoms with Crippen LogP contribution in [0.25, 0.3) is 5.57 Å². The molecule has 0 saturated carbocycles. The Morgan fingerprint density at radius 3 is 1.15 bits per heavy atom. The van der Waals surface area contributed by atoms with Gasteiger partial charge in [-0.1, -0.05) is 82.8 Å². The largest absolute Gasteiger partial charge is 0.492 e. The third kappa shape index (κ3) is 31.6. The van der Waals surface area contributed by atoms with Crippen molar-refractivity contribution in [2.24, 2.45) is 0 Å². The molecule has 0 spiro atoms. The Labute approximate surface area is 586 Å². The third-order valence-electron chi connectivity index (χ3n) is 16.8. The number of ketones is 3. The Morgan fingerprint density at radius 2 is 0.809 bits per heavy atom. The number of benzene rings is 6. The van der Waals surface area contributed by atoms with Gasteiger partial charge in [0.05, 0.1) is 14.2 Å². The van der Waals surface area contributed by atoms with Crippen molar-refractivity contribution in [3.8, 4) is 11.5 Å². The second-order valence-electron chi connectivity index (χ2n) is 24.5. The number of rotatable bonds is 40. The molecular weight excluding hydrogens is 1370 g/mol. The molecule has 6 rings (SSSR count). The van der Waals surface area contributed by atoms with Gasteiger partial charge in [0.2, 0.25) is 0 Å². The fraction of sp³-hybridized carbons (Fsp3) is 0.449. The number of ether oxygens (including phenoxy) is 4. The molecule has 0 aliphatic rings. The molecule has 0 amide bonds. The molecule has 0 N–H and O–H groups in total. The fourth-order valence-electron chi connectivity index (χ4n) is 11.3. The van der Waals surface area contributed by atoms with E-state index in [1.165, 1.54) is 101 Å². The summed E-state index contributed by atoms with van der Waals surface area (Å²) in [6.07, 6.45) is 14.5. The molecule has 0 atom stereocenters. The zero-order chi connectivity index (χ0) is 68.7. The predicted molar refractivity (Wildman–Crippen MR) is 393 cm³/mol. The number of halogens is 4. The molecule has 94 heavy (non-hydrogen) atoms. The third-order valence-corrected chi connectivity index (χ3v) is 33.5. The van der Waals surface area contributed by atoms with Gasteiger partial charge in [-0.3, -0.25) is 9.59 Å². The Bertz CT molecular complexity index is 3070. The summed E-state index contributed by atoms with van der Waals surface area (Å²) in [6, 6.07) is 49.5. The van der Waals surface area contributed by atoms with Crippen LogP contribution in [0, 0.1) is 0 Å². The van der Waals surface area contributed by atoms with Crippen molar-refractivity contribution in [1.29, 1.82) is 0 Å². The van der Waals surface area contributed by atoms with Crippen LogP contribution >= 0.6 is 46.4 Å². The number of Topliss-reactive ketones (excluding diaryl/α,β-unsaturated/α-hetero) is 3. The SMILES string of the molecule is CCC[CH2][Sn]([CH2]CCC)([CH2]CCC)[c]1ccc(OCCN(C)CC(c2ccc(Cl)cc2)c2ccc(Cl)cc2)cc1.COC(=O)C=C(CCCCC(C)=O)c1ccc(OCCN(C)CC(c2ccc(Cl)cc2)c2ccc(Cl)cc2)cc1.COC(=O)CC(=O)CCCCC(C)=O. The van der Waals surface area contributed by atoms with E-state index in [4.69, 9.17) is 60.6 Å². The molecule has 0 unspecified atom stereocenters. The van der Waals surface area contributed by atoms with E-state index in [0.717, 1.165) is 71.7 Å². The van der Waals surface area contributed by atoms with E-state index in [1.807, 2.05) is 72.8 Å². The molecule has 0 bridgehead atoms. The van der Waals surface area contributed by atoms with Gasteiger partial charge in [-0.05, 0) is 136 Å². The quantitative estimate of drug-likeness (QED) is 0.0120. The predicted octanol–water partition coefficient (Wildman–Crippen LogP) is 19.3. The van der Waals surface area contributed by atoms with Crippen molar-refractivity contribution in [2.45, 2.75) is 156 Å². The normalized spacial score (nSPS) is 11.4. The summed E-state index contributed by atoms with van der Waals surface area (Å²) < 4.78 is 27.7. The van der Waals surface area contributed by atoms with Gasteiger partial charge >= 0.3 is 214 Å². The molecule has 6 aromatic carbocycles. The molecular formula is C78H102Cl4N2O9Sn. The topological polar surface area (TPSA) is 129 Å². The minimum Gasteiger partial charge on any atom is -0.492 e. The van der Waals surface area contributed by atoms with Crippen molar-refractivity contribution in [3.05, 3.63) is 200 Å². The van der Waals surface area contributed by atoms with Crippen molar-refractivity contribution in [1.82, 2.24) is 9.80 Å². The Kier molecular flexibility index (Phi) is 39.5. The molecule has 0 radical (unpaired) electrons. The van der Waals surface area contributed by atoms with E-state index in [9.17, 15) is 24.0 Å². The zero-order valence-electron chi connectivity index (χ0n) is 57.1. The first kappa shape index (κ1) is 80.9. The van der Waals surface area contributed by atoms with Crippen LogP contribution in [0.5, 0.6) is 11.5 Å². The summed E-state index contributed by atoms with van der Waals surface area (Å²) in [4.78, 5) is 60.0. The standard InChI is InChI=1S/C33H37Cl2NO4.C23H22Cl2NO.C10H16O4.3C4H9.Sn/c1-24(37)6-4-5-7-28(22-33(38)39-3)25-12-18-31(19-13-25)40-21-20-36(2)23-32(26-8-14-29(34)15-9-26)27-10-16-30(35)17-11-27;1-26(15-16-27-22-5-3-2-4-6-22)17-23(18-7-11-20(24)12-8-18)19-9-13-21(25)14-10-19;1-8(11)5-3-4-6-9(12)7-10(13)14-2;3*1-3-4-2;/h8-19,22,32H,4-7,20-21,23H2,1-3H3;3-14,23H,15-17H2,1H3;3-7H2,1-2H3;3*1,3-4H2,2H3;. The molecule has 0 saturated heterocycles. The molecule has 0 aliphatic heterocycles. The second kappa shape index (κ2) is 45.8. The maximum absolute atomic E-state index is 11.9. The number of methoxy groups -OCH3 is 2. The number of hydrogen-bond donors (Lipinski definition) is 0. The first-order valence-electron chi connectivity index (χ1n) is 33.4. The van der Waals surface area contributed by atoms with Gasteiger partial charge in [0.25, 0.3) is 0 Å². The van der Waals surface area contributed by atoms with Crippen molar-refractivity contribution < 1.29 is 42.9 Å². The van der Waals surface area contributed by atoms with Crippen LogP contribution in [0.4, 0.5) is 0 Å². The Hall–Kier alpha value is -5.51. The zero-order valence-corrected chi connectivity index (χ0v) is 63.0. The second-order valence-corrected chi connectivity index (χ2v) is 39.5. The average molecular weight is 1470 g/mol. The van der Waals surface area contributed by atoms with E-state index in [2.05, 4.69) is 122 Å². The molecule has 11 nitrogen and oxygen atoms in total. The number of carbonyl (C=O) groups is 5. The maximum Gasteiger partial charge on any atom is 0.330 e. The smallest absolute Gasteiger partial charge is 0.330 e. The Balaban J connectivity index is 0.000000333. The summed E-state index contributed by atoms with van der Waals surface area (Å²) in [5.41, 5.74) is 6.70. The first-order valence-corrected chi connectivity index (χ1v) is 42.4. The van der Waals surface area contributed by atoms with Crippen molar-refractivity contribution >= 4 is 103 Å². The summed E-state index contributed by atoms with van der Waals surface area (Å²) in [6.45, 7) is 14.6. The molecule has 0 heterocycles. The van der Waals surface area contributed by atoms with Gasteiger partial charge in [-0.2, -0.15) is 0 Å². The Morgan fingerprint density at radius 1 is 0.457 bits per heavy atom. The van der Waals surface area contributed by atoms with Gasteiger partial charge in [-0.15, -0.1) is 0 Å². The number of nitrogens with zero attached hydrogens (tertiary/aromatic N) is 2. The monoisotopic (exact) mass is 1470 g/mol. The number of unbranched alkanes of at least 4 members (excludes halogenated alkanes) is 5. The van der Waals surface area contributed by atoms with E-state index in [1.54, 1.807) is 10.5 Å². The minimum atomic E-state index is -2.39. The summed E-state index contributed by atoms with van der Waals surface area (Å²) in [7, 11) is 6.88. The summed E-state index contributed by atoms with van der Waals surface area (Å²) >= 11 is 22.2. The molecule has 0 aromatic heterocycles. The van der Waals surface area contributed by atoms with Crippen LogP contribution in [0.3, 0.4) is 0 Å². The number of carbonyl (C=O) groups excluding carboxylic acids is 5. The van der Waals surface area contributed by atoms with Crippen LogP contribution in [0.15, 0.2) is 152 Å². The van der Waals surface area contributed by atoms with E-state index in [-0.39, 0.29) is 41.6 Å². The van der Waals surface area contributed by atoms with Crippen LogP contribution in [-0.2, 0) is 33.4 Å². The summed E-state index contributed by atoms with van der Waals surface area (Å²) in [5.74, 6) is 1.44. The van der Waals surface area contributed by atoms with E-state index >= 15 is 0 Å². The van der Waals surface area contributed by atoms with Gasteiger partial charge < -0.3 is 28.7 Å². The van der Waals surface area contributed by atoms with E-state index < -0.39 is 24.3 Å². The van der Waals surface area contributed by atoms with Crippen LogP contribution in [0.2, 0.25) is 33.4 Å². The molecule has 16 heteroatoms. The number of esters is 2. The van der Waals surface area contributed by atoms with Crippen LogP contribution in [0.1, 0.15) is 171 Å². The van der Waals surface area contributed by atoms with Gasteiger partial charge in [0, 0.05) is 64.4 Å². The molecule has 0 fully saturated rings. The number of allylic oxidation sites excluding steroid dienone is 1.